The zero-order valence-corrected chi connectivity index (χ0v) is 21.9. The minimum Gasteiger partial charge on any atom is -0.363 e. The van der Waals surface area contributed by atoms with Gasteiger partial charge in [0.1, 0.15) is 0 Å². The van der Waals surface area contributed by atoms with E-state index >= 15 is 0 Å². The molecule has 0 saturated carbocycles. The maximum absolute atomic E-state index is 4.94. The molecule has 2 aromatic rings. The van der Waals surface area contributed by atoms with Gasteiger partial charge in [-0.3, -0.25) is 9.89 Å². The van der Waals surface area contributed by atoms with Crippen molar-refractivity contribution in [2.45, 2.75) is 51.7 Å². The number of anilines is 1. The Hall–Kier alpha value is -0.840. The van der Waals surface area contributed by atoms with E-state index in [0.717, 1.165) is 58.1 Å². The molecule has 0 aromatic carbocycles. The maximum Gasteiger partial charge on any atom is 0.191 e. The molecule has 0 amide bonds. The Morgan fingerprint density at radius 1 is 1.20 bits per heavy atom. The standard InChI is InChI=1S/C22H33N5S2.HI/c1-3-23-22(25-19-6-10-26(11-7-19)21-5-4-13-29-21)24-15-17(2)27-12-8-20-18(16-27)9-14-28-20;/h4-5,9,13-14,17,19H,3,6-8,10-12,15-16H2,1-2H3,(H2,23,24,25);1H. The summed E-state index contributed by atoms with van der Waals surface area (Å²) in [6.45, 7) is 10.6. The molecule has 0 aliphatic carbocycles. The molecule has 1 atom stereocenters. The summed E-state index contributed by atoms with van der Waals surface area (Å²) in [6.07, 6.45) is 3.50. The Bertz CT molecular complexity index is 783. The summed E-state index contributed by atoms with van der Waals surface area (Å²) < 4.78 is 0. The Labute approximate surface area is 206 Å². The molecule has 2 aliphatic rings. The topological polar surface area (TPSA) is 42.9 Å². The largest absolute Gasteiger partial charge is 0.363 e. The zero-order valence-electron chi connectivity index (χ0n) is 18.0. The average Bonchev–Trinajstić information content (AvgIpc) is 3.44. The van der Waals surface area contributed by atoms with Crippen LogP contribution in [-0.2, 0) is 13.0 Å². The van der Waals surface area contributed by atoms with Gasteiger partial charge in [0.2, 0.25) is 0 Å². The summed E-state index contributed by atoms with van der Waals surface area (Å²) in [5.74, 6) is 0.974. The monoisotopic (exact) mass is 559 g/mol. The number of guanidine groups is 1. The molecule has 0 bridgehead atoms. The van der Waals surface area contributed by atoms with Gasteiger partial charge in [0.25, 0.3) is 0 Å². The van der Waals surface area contributed by atoms with Gasteiger partial charge in [-0.1, -0.05) is 0 Å². The van der Waals surface area contributed by atoms with E-state index in [4.69, 9.17) is 4.99 Å². The lowest BCUT2D eigenvalue weighted by atomic mass is 10.1. The molecule has 1 saturated heterocycles. The van der Waals surface area contributed by atoms with Crippen LogP contribution in [0.2, 0.25) is 0 Å². The molecular weight excluding hydrogens is 525 g/mol. The lowest BCUT2D eigenvalue weighted by Crippen LogP contribution is -2.49. The summed E-state index contributed by atoms with van der Waals surface area (Å²) in [6, 6.07) is 7.62. The number of nitrogens with zero attached hydrogens (tertiary/aromatic N) is 3. The highest BCUT2D eigenvalue weighted by molar-refractivity contribution is 14.0. The fourth-order valence-corrected chi connectivity index (χ4v) is 5.87. The zero-order chi connectivity index (χ0) is 20.1. The van der Waals surface area contributed by atoms with E-state index in [0.29, 0.717) is 12.1 Å². The van der Waals surface area contributed by atoms with Crippen molar-refractivity contribution < 1.29 is 0 Å². The van der Waals surface area contributed by atoms with Gasteiger partial charge < -0.3 is 15.5 Å². The van der Waals surface area contributed by atoms with Crippen LogP contribution < -0.4 is 15.5 Å². The van der Waals surface area contributed by atoms with Crippen LogP contribution in [0.4, 0.5) is 5.00 Å². The number of thiophene rings is 2. The fourth-order valence-electron chi connectivity index (χ4n) is 4.19. The van der Waals surface area contributed by atoms with Gasteiger partial charge in [-0.05, 0) is 67.6 Å². The van der Waals surface area contributed by atoms with Gasteiger partial charge in [0.15, 0.2) is 5.96 Å². The third-order valence-corrected chi connectivity index (χ3v) is 7.92. The van der Waals surface area contributed by atoms with Gasteiger partial charge in [-0.2, -0.15) is 0 Å². The van der Waals surface area contributed by atoms with Crippen molar-refractivity contribution in [3.63, 3.8) is 0 Å². The Balaban J connectivity index is 0.00000256. The molecule has 2 aliphatic heterocycles. The third kappa shape index (κ3) is 6.11. The molecule has 0 radical (unpaired) electrons. The minimum atomic E-state index is 0. The number of piperidine rings is 1. The number of nitrogens with one attached hydrogen (secondary N) is 2. The number of halogens is 1. The maximum atomic E-state index is 4.94. The van der Waals surface area contributed by atoms with E-state index in [-0.39, 0.29) is 24.0 Å². The quantitative estimate of drug-likeness (QED) is 0.313. The van der Waals surface area contributed by atoms with Gasteiger partial charge in [0.05, 0.1) is 11.5 Å². The van der Waals surface area contributed by atoms with Crippen molar-refractivity contribution in [3.8, 4) is 0 Å². The molecule has 4 heterocycles. The Morgan fingerprint density at radius 3 is 2.77 bits per heavy atom. The molecule has 8 heteroatoms. The number of hydrogen-bond donors (Lipinski definition) is 2. The first kappa shape index (κ1) is 23.8. The van der Waals surface area contributed by atoms with Crippen LogP contribution in [0.3, 0.4) is 0 Å². The number of fused-ring (bicyclic) bond motifs is 1. The summed E-state index contributed by atoms with van der Waals surface area (Å²) in [5, 5.41) is 12.9. The van der Waals surface area contributed by atoms with Crippen LogP contribution >= 0.6 is 46.7 Å². The lowest BCUT2D eigenvalue weighted by molar-refractivity contribution is 0.197. The Morgan fingerprint density at radius 2 is 2.03 bits per heavy atom. The first-order chi connectivity index (χ1) is 14.2. The normalized spacial score (nSPS) is 19.1. The van der Waals surface area contributed by atoms with Crippen molar-refractivity contribution in [3.05, 3.63) is 39.4 Å². The Kier molecular flexibility index (Phi) is 9.28. The van der Waals surface area contributed by atoms with Crippen molar-refractivity contribution in [2.24, 2.45) is 4.99 Å². The predicted molar refractivity (Wildman–Crippen MR) is 142 cm³/mol. The van der Waals surface area contributed by atoms with Crippen molar-refractivity contribution in [1.29, 1.82) is 0 Å². The van der Waals surface area contributed by atoms with E-state index in [1.54, 1.807) is 4.88 Å². The van der Waals surface area contributed by atoms with Gasteiger partial charge in [-0.15, -0.1) is 46.7 Å². The van der Waals surface area contributed by atoms with Crippen LogP contribution in [0.15, 0.2) is 34.0 Å². The molecule has 30 heavy (non-hydrogen) atoms. The minimum absolute atomic E-state index is 0. The molecule has 1 fully saturated rings. The van der Waals surface area contributed by atoms with Crippen molar-refractivity contribution in [2.75, 3.05) is 37.6 Å². The van der Waals surface area contributed by atoms with Crippen molar-refractivity contribution in [1.82, 2.24) is 15.5 Å². The van der Waals surface area contributed by atoms with Crippen LogP contribution in [0, 0.1) is 0 Å². The van der Waals surface area contributed by atoms with Crippen LogP contribution in [0.25, 0.3) is 0 Å². The van der Waals surface area contributed by atoms with E-state index < -0.39 is 0 Å². The van der Waals surface area contributed by atoms with Crippen molar-refractivity contribution >= 4 is 57.6 Å². The van der Waals surface area contributed by atoms with E-state index in [9.17, 15) is 0 Å². The highest BCUT2D eigenvalue weighted by atomic mass is 127. The second kappa shape index (κ2) is 11.7. The van der Waals surface area contributed by atoms with Gasteiger partial charge >= 0.3 is 0 Å². The fraction of sp³-hybridized carbons (Fsp3) is 0.591. The first-order valence-corrected chi connectivity index (χ1v) is 12.6. The van der Waals surface area contributed by atoms with Gasteiger partial charge in [-0.25, -0.2) is 0 Å². The summed E-state index contributed by atoms with van der Waals surface area (Å²) in [5.41, 5.74) is 1.51. The SMILES string of the molecule is CCNC(=NCC(C)N1CCc2sccc2C1)NC1CCN(c2cccs2)CC1.I. The molecule has 0 spiro atoms. The lowest BCUT2D eigenvalue weighted by Gasteiger charge is -2.34. The second-order valence-corrected chi connectivity index (χ2v) is 9.94. The highest BCUT2D eigenvalue weighted by Gasteiger charge is 2.23. The second-order valence-electron chi connectivity index (χ2n) is 8.02. The number of rotatable bonds is 6. The van der Waals surface area contributed by atoms with Crippen LogP contribution in [0.1, 0.15) is 37.1 Å². The van der Waals surface area contributed by atoms with Crippen LogP contribution in [-0.4, -0.2) is 55.7 Å². The molecule has 2 N–H and O–H groups in total. The molecule has 5 nitrogen and oxygen atoms in total. The summed E-state index contributed by atoms with van der Waals surface area (Å²) in [4.78, 5) is 11.6. The summed E-state index contributed by atoms with van der Waals surface area (Å²) in [7, 11) is 0. The molecule has 1 unspecified atom stereocenters. The third-order valence-electron chi connectivity index (χ3n) is 5.97. The number of hydrogen-bond acceptors (Lipinski definition) is 5. The molecule has 166 valence electrons. The van der Waals surface area contributed by atoms with Gasteiger partial charge in [0, 0.05) is 49.7 Å². The van der Waals surface area contributed by atoms with E-state index in [1.807, 2.05) is 22.7 Å². The molecular formula is C22H34IN5S2. The molecule has 4 rings (SSSR count). The number of aliphatic imine (C=N–C) groups is 1. The van der Waals surface area contributed by atoms with Crippen LogP contribution in [0.5, 0.6) is 0 Å². The highest BCUT2D eigenvalue weighted by Crippen LogP contribution is 2.26. The van der Waals surface area contributed by atoms with E-state index in [1.165, 1.54) is 17.0 Å². The summed E-state index contributed by atoms with van der Waals surface area (Å²) >= 11 is 3.74. The van der Waals surface area contributed by atoms with E-state index in [2.05, 4.69) is 63.2 Å². The smallest absolute Gasteiger partial charge is 0.191 e. The first-order valence-electron chi connectivity index (χ1n) is 10.9. The predicted octanol–water partition coefficient (Wildman–Crippen LogP) is 4.40. The average molecular weight is 560 g/mol. The molecule has 2 aromatic heterocycles.